The summed E-state index contributed by atoms with van der Waals surface area (Å²) < 4.78 is 27.6. The number of anilines is 1. The van der Waals surface area contributed by atoms with Crippen molar-refractivity contribution in [2.24, 2.45) is 5.92 Å². The van der Waals surface area contributed by atoms with Gasteiger partial charge in [-0.3, -0.25) is 9.59 Å². The van der Waals surface area contributed by atoms with Gasteiger partial charge in [-0.1, -0.05) is 6.58 Å². The van der Waals surface area contributed by atoms with Crippen molar-refractivity contribution in [3.05, 3.63) is 36.4 Å². The van der Waals surface area contributed by atoms with Crippen LogP contribution in [0.5, 0.6) is 0 Å². The number of nitrogens with one attached hydrogen (secondary N) is 1. The van der Waals surface area contributed by atoms with E-state index in [1.54, 1.807) is 23.1 Å². The van der Waals surface area contributed by atoms with Gasteiger partial charge in [0.2, 0.25) is 21.8 Å². The third-order valence-corrected chi connectivity index (χ3v) is 7.66. The van der Waals surface area contributed by atoms with Crippen molar-refractivity contribution in [2.45, 2.75) is 43.0 Å². The predicted molar refractivity (Wildman–Crippen MR) is 105 cm³/mol. The highest BCUT2D eigenvalue weighted by molar-refractivity contribution is 7.89. The molecule has 4 rings (SSSR count). The molecule has 3 aliphatic rings. The molecule has 0 aromatic heterocycles. The highest BCUT2D eigenvalue weighted by Crippen LogP contribution is 2.37. The molecule has 1 aromatic rings. The van der Waals surface area contributed by atoms with E-state index < -0.39 is 10.0 Å². The second kappa shape index (κ2) is 7.33. The molecular formula is C20H25N3O4S. The molecule has 2 amide bonds. The number of piperidine rings is 1. The molecular weight excluding hydrogens is 378 g/mol. The number of benzene rings is 1. The Morgan fingerprint density at radius 1 is 1.11 bits per heavy atom. The van der Waals surface area contributed by atoms with Crippen LogP contribution in [0.2, 0.25) is 0 Å². The number of sulfonamides is 1. The first-order chi connectivity index (χ1) is 13.4. The van der Waals surface area contributed by atoms with E-state index in [-0.39, 0.29) is 28.7 Å². The first kappa shape index (κ1) is 19.1. The smallest absolute Gasteiger partial charge is 0.243 e. The summed E-state index contributed by atoms with van der Waals surface area (Å²) in [7, 11) is -3.59. The lowest BCUT2D eigenvalue weighted by molar-refractivity contribution is -0.119. The number of carbonyl (C=O) groups excluding carboxylic acids is 2. The molecule has 1 N–H and O–H groups in total. The maximum Gasteiger partial charge on any atom is 0.243 e. The zero-order valence-electron chi connectivity index (χ0n) is 15.8. The molecule has 0 atom stereocenters. The molecule has 1 saturated carbocycles. The van der Waals surface area contributed by atoms with Crippen LogP contribution in [0.1, 0.15) is 31.2 Å². The molecule has 2 aliphatic heterocycles. The van der Waals surface area contributed by atoms with Gasteiger partial charge in [0.05, 0.1) is 4.90 Å². The van der Waals surface area contributed by atoms with Crippen LogP contribution in [0.25, 0.3) is 0 Å². The van der Waals surface area contributed by atoms with Gasteiger partial charge < -0.3 is 10.2 Å². The fourth-order valence-corrected chi connectivity index (χ4v) is 5.49. The lowest BCUT2D eigenvalue weighted by atomic mass is 10.1. The summed E-state index contributed by atoms with van der Waals surface area (Å²) >= 11 is 0. The van der Waals surface area contributed by atoms with Crippen molar-refractivity contribution < 1.29 is 18.0 Å². The number of nitrogens with zero attached hydrogens (tertiary/aromatic N) is 2. The van der Waals surface area contributed by atoms with Gasteiger partial charge in [-0.15, -0.1) is 0 Å². The first-order valence-electron chi connectivity index (χ1n) is 9.77. The van der Waals surface area contributed by atoms with Crippen molar-refractivity contribution >= 4 is 27.5 Å². The average molecular weight is 404 g/mol. The van der Waals surface area contributed by atoms with Gasteiger partial charge in [-0.2, -0.15) is 4.31 Å². The van der Waals surface area contributed by atoms with Crippen LogP contribution in [0.4, 0.5) is 5.69 Å². The molecule has 150 valence electrons. The fraction of sp³-hybridized carbons (Fsp3) is 0.500. The van der Waals surface area contributed by atoms with E-state index in [2.05, 4.69) is 11.9 Å². The molecule has 8 heteroatoms. The molecule has 1 aliphatic carbocycles. The summed E-state index contributed by atoms with van der Waals surface area (Å²) in [6, 6.07) is 5.07. The molecule has 0 unspecified atom stereocenters. The summed E-state index contributed by atoms with van der Waals surface area (Å²) in [6.07, 6.45) is 4.99. The van der Waals surface area contributed by atoms with Gasteiger partial charge in [-0.25, -0.2) is 8.42 Å². The van der Waals surface area contributed by atoms with E-state index >= 15 is 0 Å². The molecule has 2 heterocycles. The Morgan fingerprint density at radius 2 is 1.82 bits per heavy atom. The summed E-state index contributed by atoms with van der Waals surface area (Å²) in [4.78, 5) is 25.9. The van der Waals surface area contributed by atoms with Crippen LogP contribution in [0.3, 0.4) is 0 Å². The number of amides is 2. The summed E-state index contributed by atoms with van der Waals surface area (Å²) in [5.41, 5.74) is 1.77. The van der Waals surface area contributed by atoms with Crippen LogP contribution in [-0.2, 0) is 26.0 Å². The van der Waals surface area contributed by atoms with E-state index in [1.807, 2.05) is 0 Å². The van der Waals surface area contributed by atoms with Crippen LogP contribution < -0.4 is 10.2 Å². The Bertz CT molecular complexity index is 915. The van der Waals surface area contributed by atoms with Crippen LogP contribution in [0.15, 0.2) is 35.7 Å². The Kier molecular flexibility index (Phi) is 5.01. The summed E-state index contributed by atoms with van der Waals surface area (Å²) in [5.74, 6) is 0.0838. The first-order valence-corrected chi connectivity index (χ1v) is 11.2. The normalized spacial score (nSPS) is 20.6. The molecule has 2 fully saturated rings. The Morgan fingerprint density at radius 3 is 2.46 bits per heavy atom. The largest absolute Gasteiger partial charge is 0.350 e. The average Bonchev–Trinajstić information content (AvgIpc) is 3.46. The van der Waals surface area contributed by atoms with E-state index in [4.69, 9.17) is 0 Å². The maximum atomic E-state index is 13.0. The third kappa shape index (κ3) is 3.58. The Hall–Kier alpha value is -2.19. The van der Waals surface area contributed by atoms with Gasteiger partial charge in [0.25, 0.3) is 0 Å². The van der Waals surface area contributed by atoms with E-state index in [0.29, 0.717) is 38.9 Å². The lowest BCUT2D eigenvalue weighted by Crippen LogP contribution is -2.46. The van der Waals surface area contributed by atoms with Crippen molar-refractivity contribution in [3.8, 4) is 0 Å². The van der Waals surface area contributed by atoms with E-state index in [9.17, 15) is 18.0 Å². The van der Waals surface area contributed by atoms with Crippen LogP contribution >= 0.6 is 0 Å². The highest BCUT2D eigenvalue weighted by Gasteiger charge is 2.37. The number of carbonyl (C=O) groups is 2. The highest BCUT2D eigenvalue weighted by atomic mass is 32.2. The van der Waals surface area contributed by atoms with E-state index in [0.717, 1.165) is 24.1 Å². The van der Waals surface area contributed by atoms with Crippen molar-refractivity contribution in [2.75, 3.05) is 24.5 Å². The molecule has 7 nitrogen and oxygen atoms in total. The van der Waals surface area contributed by atoms with Crippen molar-refractivity contribution in [1.82, 2.24) is 9.62 Å². The van der Waals surface area contributed by atoms with Gasteiger partial charge in [0, 0.05) is 37.3 Å². The van der Waals surface area contributed by atoms with E-state index in [1.165, 1.54) is 10.4 Å². The van der Waals surface area contributed by atoms with Crippen molar-refractivity contribution in [3.63, 3.8) is 0 Å². The molecule has 28 heavy (non-hydrogen) atoms. The van der Waals surface area contributed by atoms with Crippen LogP contribution in [0, 0.1) is 5.92 Å². The quantitative estimate of drug-likeness (QED) is 0.754. The third-order valence-electron chi connectivity index (χ3n) is 5.76. The van der Waals surface area contributed by atoms with Gasteiger partial charge in [0.15, 0.2) is 0 Å². The second-order valence-electron chi connectivity index (χ2n) is 7.70. The minimum atomic E-state index is -3.59. The monoisotopic (exact) mass is 403 g/mol. The molecule has 0 bridgehead atoms. The second-order valence-corrected chi connectivity index (χ2v) is 9.63. The molecule has 0 spiro atoms. The van der Waals surface area contributed by atoms with Crippen molar-refractivity contribution in [1.29, 1.82) is 0 Å². The number of hydrogen-bond acceptors (Lipinski definition) is 4. The SMILES string of the molecule is C=CC(=O)NC1CCN(S(=O)(=O)c2ccc3c(c2)CCN3C(=O)C2CC2)CC1. The maximum absolute atomic E-state index is 13.0. The van der Waals surface area contributed by atoms with Crippen LogP contribution in [-0.4, -0.2) is 50.2 Å². The minimum Gasteiger partial charge on any atom is -0.350 e. The number of fused-ring (bicyclic) bond motifs is 1. The summed E-state index contributed by atoms with van der Waals surface area (Å²) in [5, 5.41) is 2.83. The molecule has 1 saturated heterocycles. The number of hydrogen-bond donors (Lipinski definition) is 1. The lowest BCUT2D eigenvalue weighted by Gasteiger charge is -2.31. The van der Waals surface area contributed by atoms with Gasteiger partial charge in [0.1, 0.15) is 0 Å². The van der Waals surface area contributed by atoms with Gasteiger partial charge >= 0.3 is 0 Å². The predicted octanol–water partition coefficient (Wildman–Crippen LogP) is 1.44. The number of rotatable bonds is 5. The zero-order valence-corrected chi connectivity index (χ0v) is 16.6. The minimum absolute atomic E-state index is 0.0287. The van der Waals surface area contributed by atoms with Gasteiger partial charge in [-0.05, 0) is 61.9 Å². The Labute approximate surface area is 165 Å². The molecule has 0 radical (unpaired) electrons. The zero-order chi connectivity index (χ0) is 19.9. The standard InChI is InChI=1S/C20H25N3O4S/c1-2-19(24)21-16-8-10-22(11-9-16)28(26,27)17-5-6-18-15(13-17)7-12-23(18)20(25)14-3-4-14/h2,5-6,13-14,16H,1,3-4,7-12H2,(H,21,24). The summed E-state index contributed by atoms with van der Waals surface area (Å²) in [6.45, 7) is 4.80. The molecule has 1 aromatic carbocycles. The topological polar surface area (TPSA) is 86.8 Å². The Balaban J connectivity index is 1.46. The fourth-order valence-electron chi connectivity index (χ4n) is 3.97.